The first-order valence-electron chi connectivity index (χ1n) is 8.39. The van der Waals surface area contributed by atoms with Crippen LogP contribution in [0.5, 0.6) is 0 Å². The van der Waals surface area contributed by atoms with Gasteiger partial charge in [-0.2, -0.15) is 0 Å². The molecule has 1 atom stereocenters. The highest BCUT2D eigenvalue weighted by molar-refractivity contribution is 5.97. The summed E-state index contributed by atoms with van der Waals surface area (Å²) in [7, 11) is 0. The average Bonchev–Trinajstić information content (AvgIpc) is 2.64. The Morgan fingerprint density at radius 1 is 1.15 bits per heavy atom. The Labute approximate surface area is 156 Å². The lowest BCUT2D eigenvalue weighted by atomic mass is 10.0. The minimum atomic E-state index is -1.16. The van der Waals surface area contributed by atoms with Crippen molar-refractivity contribution in [3.8, 4) is 0 Å². The molecule has 0 aliphatic heterocycles. The number of benzene rings is 2. The van der Waals surface area contributed by atoms with Crippen molar-refractivity contribution in [2.75, 3.05) is 5.32 Å². The van der Waals surface area contributed by atoms with Gasteiger partial charge in [0.15, 0.2) is 0 Å². The molecule has 0 aromatic heterocycles. The van der Waals surface area contributed by atoms with E-state index in [9.17, 15) is 24.8 Å². The van der Waals surface area contributed by atoms with Crippen LogP contribution < -0.4 is 10.6 Å². The second-order valence-electron chi connectivity index (χ2n) is 6.36. The maximum absolute atomic E-state index is 12.3. The van der Waals surface area contributed by atoms with E-state index in [4.69, 9.17) is 0 Å². The van der Waals surface area contributed by atoms with Crippen molar-refractivity contribution >= 4 is 23.3 Å². The van der Waals surface area contributed by atoms with E-state index in [2.05, 4.69) is 10.6 Å². The SMILES string of the molecule is CC(C)[C@H](NC(=O)c1ccc(NCc2ccccc2)c([N+](=O)[O-])c1)C(=O)O. The summed E-state index contributed by atoms with van der Waals surface area (Å²) in [4.78, 5) is 34.3. The van der Waals surface area contributed by atoms with Crippen LogP contribution in [0.25, 0.3) is 0 Å². The van der Waals surface area contributed by atoms with Gasteiger partial charge >= 0.3 is 5.97 Å². The number of nitro groups is 1. The number of aliphatic carboxylic acids is 1. The number of hydrogen-bond donors (Lipinski definition) is 3. The number of hydrogen-bond acceptors (Lipinski definition) is 5. The van der Waals surface area contributed by atoms with Crippen LogP contribution in [0, 0.1) is 16.0 Å². The lowest BCUT2D eigenvalue weighted by Crippen LogP contribution is -2.44. The molecule has 0 saturated carbocycles. The van der Waals surface area contributed by atoms with Crippen LogP contribution in [0.4, 0.5) is 11.4 Å². The van der Waals surface area contributed by atoms with E-state index in [0.717, 1.165) is 11.6 Å². The van der Waals surface area contributed by atoms with Gasteiger partial charge in [0.05, 0.1) is 4.92 Å². The van der Waals surface area contributed by atoms with Gasteiger partial charge in [0, 0.05) is 18.2 Å². The molecule has 27 heavy (non-hydrogen) atoms. The molecule has 2 aromatic rings. The van der Waals surface area contributed by atoms with Crippen LogP contribution in [0.2, 0.25) is 0 Å². The molecule has 0 spiro atoms. The number of rotatable bonds is 8. The van der Waals surface area contributed by atoms with Gasteiger partial charge in [-0.15, -0.1) is 0 Å². The number of nitrogens with zero attached hydrogens (tertiary/aromatic N) is 1. The lowest BCUT2D eigenvalue weighted by molar-refractivity contribution is -0.384. The second-order valence-corrected chi connectivity index (χ2v) is 6.36. The Hall–Kier alpha value is -3.42. The summed E-state index contributed by atoms with van der Waals surface area (Å²) >= 11 is 0. The molecule has 2 rings (SSSR count). The number of carboxylic acids is 1. The zero-order valence-corrected chi connectivity index (χ0v) is 15.0. The van der Waals surface area contributed by atoms with E-state index in [-0.39, 0.29) is 22.9 Å². The third-order valence-electron chi connectivity index (χ3n) is 4.00. The molecule has 1 amide bonds. The molecule has 0 bridgehead atoms. The van der Waals surface area contributed by atoms with Crippen LogP contribution in [0.1, 0.15) is 29.8 Å². The lowest BCUT2D eigenvalue weighted by Gasteiger charge is -2.18. The van der Waals surface area contributed by atoms with E-state index in [0.29, 0.717) is 6.54 Å². The molecule has 0 aliphatic carbocycles. The van der Waals surface area contributed by atoms with Crippen LogP contribution >= 0.6 is 0 Å². The molecule has 8 nitrogen and oxygen atoms in total. The van der Waals surface area contributed by atoms with Crippen molar-refractivity contribution in [1.29, 1.82) is 0 Å². The van der Waals surface area contributed by atoms with Crippen LogP contribution in [0.3, 0.4) is 0 Å². The number of nitrogens with one attached hydrogen (secondary N) is 2. The van der Waals surface area contributed by atoms with Crippen molar-refractivity contribution in [3.05, 3.63) is 69.8 Å². The standard InChI is InChI=1S/C19H21N3O5/c1-12(2)17(19(24)25)21-18(23)14-8-9-15(16(10-14)22(26)27)20-11-13-6-4-3-5-7-13/h3-10,12,17,20H,11H2,1-2H3,(H,21,23)(H,24,25)/t17-/m0/s1. The summed E-state index contributed by atoms with van der Waals surface area (Å²) in [5.74, 6) is -2.16. The van der Waals surface area contributed by atoms with E-state index < -0.39 is 22.8 Å². The normalized spacial score (nSPS) is 11.7. The highest BCUT2D eigenvalue weighted by Gasteiger charge is 2.25. The summed E-state index contributed by atoms with van der Waals surface area (Å²) in [6.07, 6.45) is 0. The van der Waals surface area contributed by atoms with Crippen LogP contribution in [0.15, 0.2) is 48.5 Å². The minimum Gasteiger partial charge on any atom is -0.480 e. The monoisotopic (exact) mass is 371 g/mol. The Kier molecular flexibility index (Phi) is 6.48. The van der Waals surface area contributed by atoms with Gasteiger partial charge in [0.1, 0.15) is 11.7 Å². The fourth-order valence-corrected chi connectivity index (χ4v) is 2.50. The number of carbonyl (C=O) groups is 2. The van der Waals surface area contributed by atoms with Crippen LogP contribution in [-0.2, 0) is 11.3 Å². The van der Waals surface area contributed by atoms with Gasteiger partial charge in [-0.25, -0.2) is 4.79 Å². The smallest absolute Gasteiger partial charge is 0.326 e. The second kappa shape index (κ2) is 8.79. The largest absolute Gasteiger partial charge is 0.480 e. The topological polar surface area (TPSA) is 122 Å². The molecule has 0 saturated heterocycles. The average molecular weight is 371 g/mol. The van der Waals surface area contributed by atoms with Gasteiger partial charge < -0.3 is 15.7 Å². The zero-order valence-electron chi connectivity index (χ0n) is 15.0. The number of anilines is 1. The molecular formula is C19H21N3O5. The van der Waals surface area contributed by atoms with Gasteiger partial charge in [0.25, 0.3) is 11.6 Å². The number of nitro benzene ring substituents is 1. The first kappa shape index (κ1) is 19.9. The quantitative estimate of drug-likeness (QED) is 0.484. The number of amides is 1. The Balaban J connectivity index is 2.20. The number of carbonyl (C=O) groups excluding carboxylic acids is 1. The van der Waals surface area contributed by atoms with Gasteiger partial charge in [-0.3, -0.25) is 14.9 Å². The van der Waals surface area contributed by atoms with Crippen molar-refractivity contribution in [2.24, 2.45) is 5.92 Å². The molecule has 142 valence electrons. The molecule has 0 unspecified atom stereocenters. The van der Waals surface area contributed by atoms with Crippen molar-refractivity contribution in [2.45, 2.75) is 26.4 Å². The van der Waals surface area contributed by atoms with Gasteiger partial charge in [-0.1, -0.05) is 44.2 Å². The summed E-state index contributed by atoms with van der Waals surface area (Å²) in [5.41, 5.74) is 1.00. The highest BCUT2D eigenvalue weighted by Crippen LogP contribution is 2.26. The molecule has 8 heteroatoms. The first-order chi connectivity index (χ1) is 12.8. The summed E-state index contributed by atoms with van der Waals surface area (Å²) in [6, 6.07) is 12.3. The maximum atomic E-state index is 12.3. The predicted molar refractivity (Wildman–Crippen MR) is 101 cm³/mol. The fourth-order valence-electron chi connectivity index (χ4n) is 2.50. The van der Waals surface area contributed by atoms with Crippen LogP contribution in [-0.4, -0.2) is 27.9 Å². The van der Waals surface area contributed by atoms with E-state index >= 15 is 0 Å². The first-order valence-corrected chi connectivity index (χ1v) is 8.39. The van der Waals surface area contributed by atoms with E-state index in [1.807, 2.05) is 30.3 Å². The molecular weight excluding hydrogens is 350 g/mol. The molecule has 2 aromatic carbocycles. The molecule has 0 radical (unpaired) electrons. The van der Waals surface area contributed by atoms with E-state index in [1.165, 1.54) is 12.1 Å². The molecule has 3 N–H and O–H groups in total. The fraction of sp³-hybridized carbons (Fsp3) is 0.263. The summed E-state index contributed by atoms with van der Waals surface area (Å²) in [5, 5.41) is 25.9. The Morgan fingerprint density at radius 3 is 2.37 bits per heavy atom. The minimum absolute atomic E-state index is 0.0267. The molecule has 0 aliphatic rings. The Bertz CT molecular complexity index is 836. The van der Waals surface area contributed by atoms with E-state index in [1.54, 1.807) is 13.8 Å². The van der Waals surface area contributed by atoms with Gasteiger partial charge in [0.2, 0.25) is 0 Å². The highest BCUT2D eigenvalue weighted by atomic mass is 16.6. The third-order valence-corrected chi connectivity index (χ3v) is 4.00. The Morgan fingerprint density at radius 2 is 1.81 bits per heavy atom. The maximum Gasteiger partial charge on any atom is 0.326 e. The zero-order chi connectivity index (χ0) is 20.0. The molecule has 0 fully saturated rings. The predicted octanol–water partition coefficient (Wildman–Crippen LogP) is 3.05. The van der Waals surface area contributed by atoms with Crippen molar-refractivity contribution < 1.29 is 19.6 Å². The summed E-state index contributed by atoms with van der Waals surface area (Å²) < 4.78 is 0. The number of carboxylic acid groups (broad SMARTS) is 1. The summed E-state index contributed by atoms with van der Waals surface area (Å²) in [6.45, 7) is 3.72. The third kappa shape index (κ3) is 5.27. The molecule has 0 heterocycles. The van der Waals surface area contributed by atoms with Gasteiger partial charge in [-0.05, 0) is 23.6 Å². The van der Waals surface area contributed by atoms with Crippen molar-refractivity contribution in [3.63, 3.8) is 0 Å². The van der Waals surface area contributed by atoms with Crippen molar-refractivity contribution in [1.82, 2.24) is 5.32 Å².